The number of benzene rings is 2. The minimum atomic E-state index is -0.249. The van der Waals surface area contributed by atoms with Gasteiger partial charge in [0, 0.05) is 6.54 Å². The summed E-state index contributed by atoms with van der Waals surface area (Å²) in [5.41, 5.74) is 3.14. The summed E-state index contributed by atoms with van der Waals surface area (Å²) in [6.45, 7) is 7.19. The van der Waals surface area contributed by atoms with Crippen LogP contribution in [0.25, 0.3) is 0 Å². The predicted octanol–water partition coefficient (Wildman–Crippen LogP) is 3.85. The van der Waals surface area contributed by atoms with Crippen molar-refractivity contribution < 1.29 is 9.53 Å². The first-order valence-corrected chi connectivity index (χ1v) is 8.29. The second kappa shape index (κ2) is 8.50. The minimum Gasteiger partial charge on any atom is -0.492 e. The van der Waals surface area contributed by atoms with Crippen LogP contribution in [0.1, 0.15) is 25.0 Å². The lowest BCUT2D eigenvalue weighted by atomic mass is 10.1. The highest BCUT2D eigenvalue weighted by molar-refractivity contribution is 5.95. The van der Waals surface area contributed by atoms with Crippen molar-refractivity contribution in [3.05, 3.63) is 59.7 Å². The number of rotatable bonds is 7. The molecule has 0 aliphatic carbocycles. The Hall–Kier alpha value is -2.33. The molecule has 0 saturated heterocycles. The number of anilines is 1. The lowest BCUT2D eigenvalue weighted by Gasteiger charge is -2.24. The van der Waals surface area contributed by atoms with Gasteiger partial charge in [-0.15, -0.1) is 0 Å². The molecule has 0 aromatic heterocycles. The van der Waals surface area contributed by atoms with Crippen LogP contribution in [0.4, 0.5) is 5.69 Å². The number of ether oxygens (including phenoxy) is 1. The average molecular weight is 326 g/mol. The molecule has 0 radical (unpaired) electrons. The topological polar surface area (TPSA) is 41.6 Å². The summed E-state index contributed by atoms with van der Waals surface area (Å²) < 4.78 is 5.56. The van der Waals surface area contributed by atoms with Gasteiger partial charge in [-0.2, -0.15) is 0 Å². The molecule has 128 valence electrons. The zero-order chi connectivity index (χ0) is 17.5. The number of hydrogen-bond donors (Lipinski definition) is 1. The fourth-order valence-electron chi connectivity index (χ4n) is 2.41. The van der Waals surface area contributed by atoms with Crippen molar-refractivity contribution in [1.82, 2.24) is 4.90 Å². The van der Waals surface area contributed by atoms with Crippen LogP contribution in [0.2, 0.25) is 0 Å². The van der Waals surface area contributed by atoms with Crippen LogP contribution in [0.5, 0.6) is 5.75 Å². The van der Waals surface area contributed by atoms with Gasteiger partial charge in [0.2, 0.25) is 5.91 Å². The van der Waals surface area contributed by atoms with Gasteiger partial charge in [0.15, 0.2) is 0 Å². The summed E-state index contributed by atoms with van der Waals surface area (Å²) in [5.74, 6) is 0.651. The quantitative estimate of drug-likeness (QED) is 0.840. The molecule has 1 N–H and O–H groups in total. The van der Waals surface area contributed by atoms with E-state index in [1.165, 1.54) is 11.1 Å². The van der Waals surface area contributed by atoms with Crippen LogP contribution in [-0.4, -0.2) is 30.5 Å². The average Bonchev–Trinajstić information content (AvgIpc) is 2.58. The third-order valence-corrected chi connectivity index (χ3v) is 4.04. The van der Waals surface area contributed by atoms with Gasteiger partial charge in [0.05, 0.1) is 18.3 Å². The Labute approximate surface area is 144 Å². The summed E-state index contributed by atoms with van der Waals surface area (Å²) in [6, 6.07) is 15.6. The second-order valence-corrected chi connectivity index (χ2v) is 6.00. The molecule has 1 atom stereocenters. The first kappa shape index (κ1) is 18.0. The molecule has 2 aromatic carbocycles. The molecular formula is C20H26N2O2. The summed E-state index contributed by atoms with van der Waals surface area (Å²) in [6.07, 6.45) is 0. The number of nitrogens with zero attached hydrogens (tertiary/aromatic N) is 1. The molecule has 0 aliphatic rings. The Morgan fingerprint density at radius 2 is 1.83 bits per heavy atom. The van der Waals surface area contributed by atoms with Crippen LogP contribution in [0.3, 0.4) is 0 Å². The van der Waals surface area contributed by atoms with Crippen molar-refractivity contribution in [3.8, 4) is 5.75 Å². The molecule has 24 heavy (non-hydrogen) atoms. The van der Waals surface area contributed by atoms with Crippen LogP contribution in [0, 0.1) is 6.92 Å². The molecule has 0 bridgehead atoms. The van der Waals surface area contributed by atoms with Crippen molar-refractivity contribution in [3.63, 3.8) is 0 Å². The molecule has 1 amide bonds. The summed E-state index contributed by atoms with van der Waals surface area (Å²) in [7, 11) is 1.96. The third kappa shape index (κ3) is 4.83. The normalized spacial score (nSPS) is 12.0. The van der Waals surface area contributed by atoms with E-state index < -0.39 is 0 Å². The van der Waals surface area contributed by atoms with E-state index in [4.69, 9.17) is 4.74 Å². The maximum absolute atomic E-state index is 12.5. The van der Waals surface area contributed by atoms with Gasteiger partial charge in [0.25, 0.3) is 0 Å². The number of amides is 1. The van der Waals surface area contributed by atoms with E-state index in [0.29, 0.717) is 18.0 Å². The SMILES string of the molecule is CCOc1ccccc1NC(=O)C(C)N(C)Cc1ccc(C)cc1. The Kier molecular flexibility index (Phi) is 6.38. The van der Waals surface area contributed by atoms with Gasteiger partial charge in [0.1, 0.15) is 5.75 Å². The monoisotopic (exact) mass is 326 g/mol. The van der Waals surface area contributed by atoms with E-state index >= 15 is 0 Å². The first-order valence-electron chi connectivity index (χ1n) is 8.29. The number of hydrogen-bond acceptors (Lipinski definition) is 3. The van der Waals surface area contributed by atoms with E-state index in [2.05, 4.69) is 36.5 Å². The minimum absolute atomic E-state index is 0.0447. The van der Waals surface area contributed by atoms with Gasteiger partial charge in [-0.1, -0.05) is 42.0 Å². The molecule has 0 saturated carbocycles. The van der Waals surface area contributed by atoms with E-state index in [-0.39, 0.29) is 11.9 Å². The Bertz CT molecular complexity index is 668. The maximum Gasteiger partial charge on any atom is 0.241 e. The highest BCUT2D eigenvalue weighted by Crippen LogP contribution is 2.24. The van der Waals surface area contributed by atoms with Crippen molar-refractivity contribution in [1.29, 1.82) is 0 Å². The molecule has 0 fully saturated rings. The smallest absolute Gasteiger partial charge is 0.241 e. The predicted molar refractivity (Wildman–Crippen MR) is 98.3 cm³/mol. The number of aryl methyl sites for hydroxylation is 1. The van der Waals surface area contributed by atoms with E-state index in [0.717, 1.165) is 6.54 Å². The Balaban J connectivity index is 1.99. The fraction of sp³-hybridized carbons (Fsp3) is 0.350. The first-order chi connectivity index (χ1) is 11.5. The van der Waals surface area contributed by atoms with E-state index in [9.17, 15) is 4.79 Å². The maximum atomic E-state index is 12.5. The Morgan fingerprint density at radius 3 is 2.50 bits per heavy atom. The van der Waals surface area contributed by atoms with E-state index in [1.807, 2.05) is 50.1 Å². The number of carbonyl (C=O) groups is 1. The van der Waals surface area contributed by atoms with Gasteiger partial charge < -0.3 is 10.1 Å². The molecule has 2 rings (SSSR count). The molecule has 0 aliphatic heterocycles. The summed E-state index contributed by atoms with van der Waals surface area (Å²) >= 11 is 0. The van der Waals surface area contributed by atoms with Gasteiger partial charge >= 0.3 is 0 Å². The molecule has 0 heterocycles. The molecule has 1 unspecified atom stereocenters. The number of nitrogens with one attached hydrogen (secondary N) is 1. The largest absolute Gasteiger partial charge is 0.492 e. The van der Waals surface area contributed by atoms with Gasteiger partial charge in [-0.25, -0.2) is 0 Å². The zero-order valence-corrected chi connectivity index (χ0v) is 14.9. The molecule has 4 heteroatoms. The standard InChI is InChI=1S/C20H26N2O2/c1-5-24-19-9-7-6-8-18(19)21-20(23)16(3)22(4)14-17-12-10-15(2)11-13-17/h6-13,16H,5,14H2,1-4H3,(H,21,23). The van der Waals surface area contributed by atoms with Gasteiger partial charge in [-0.05, 0) is 45.5 Å². The number of carbonyl (C=O) groups excluding carboxylic acids is 1. The van der Waals surface area contributed by atoms with Crippen molar-refractivity contribution >= 4 is 11.6 Å². The second-order valence-electron chi connectivity index (χ2n) is 6.00. The molecular weight excluding hydrogens is 300 g/mol. The number of likely N-dealkylation sites (N-methyl/N-ethyl adjacent to an activating group) is 1. The summed E-state index contributed by atoms with van der Waals surface area (Å²) in [4.78, 5) is 14.6. The lowest BCUT2D eigenvalue weighted by molar-refractivity contribution is -0.120. The number of para-hydroxylation sites is 2. The highest BCUT2D eigenvalue weighted by Gasteiger charge is 2.19. The van der Waals surface area contributed by atoms with Gasteiger partial charge in [-0.3, -0.25) is 9.69 Å². The van der Waals surface area contributed by atoms with Crippen LogP contribution in [-0.2, 0) is 11.3 Å². The van der Waals surface area contributed by atoms with Crippen molar-refractivity contribution in [2.45, 2.75) is 33.4 Å². The molecule has 0 spiro atoms. The molecule has 2 aromatic rings. The highest BCUT2D eigenvalue weighted by atomic mass is 16.5. The fourth-order valence-corrected chi connectivity index (χ4v) is 2.41. The van der Waals surface area contributed by atoms with E-state index in [1.54, 1.807) is 0 Å². The summed E-state index contributed by atoms with van der Waals surface area (Å²) in [5, 5.41) is 2.97. The van der Waals surface area contributed by atoms with Crippen molar-refractivity contribution in [2.75, 3.05) is 19.0 Å². The third-order valence-electron chi connectivity index (χ3n) is 4.04. The Morgan fingerprint density at radius 1 is 1.17 bits per heavy atom. The van der Waals surface area contributed by atoms with Crippen LogP contribution < -0.4 is 10.1 Å². The lowest BCUT2D eigenvalue weighted by Crippen LogP contribution is -2.39. The van der Waals surface area contributed by atoms with Crippen LogP contribution >= 0.6 is 0 Å². The zero-order valence-electron chi connectivity index (χ0n) is 14.9. The molecule has 4 nitrogen and oxygen atoms in total. The van der Waals surface area contributed by atoms with Crippen molar-refractivity contribution in [2.24, 2.45) is 0 Å². The van der Waals surface area contributed by atoms with Crippen LogP contribution in [0.15, 0.2) is 48.5 Å².